The third kappa shape index (κ3) is 6.71. The van der Waals surface area contributed by atoms with Crippen LogP contribution in [0.4, 0.5) is 4.79 Å². The fourth-order valence-electron chi connectivity index (χ4n) is 2.54. The van der Waals surface area contributed by atoms with E-state index < -0.39 is 11.2 Å². The molecule has 0 saturated carbocycles. The number of hydrogen-bond acceptors (Lipinski definition) is 5. The van der Waals surface area contributed by atoms with Crippen molar-refractivity contribution in [2.75, 3.05) is 13.1 Å². The smallest absolute Gasteiger partial charge is 0.410 e. The normalized spacial score (nSPS) is 16.3. The first kappa shape index (κ1) is 20.9. The Labute approximate surface area is 150 Å². The van der Waals surface area contributed by atoms with Crippen LogP contribution >= 0.6 is 0 Å². The van der Waals surface area contributed by atoms with Crippen molar-refractivity contribution in [3.63, 3.8) is 0 Å². The molecule has 1 aliphatic heterocycles. The Bertz CT molecular complexity index is 592. The van der Waals surface area contributed by atoms with E-state index in [1.165, 1.54) is 6.20 Å². The van der Waals surface area contributed by atoms with Gasteiger partial charge in [-0.15, -0.1) is 0 Å². The molecule has 6 heteroatoms. The summed E-state index contributed by atoms with van der Waals surface area (Å²) in [5, 5.41) is 19.5. The lowest BCUT2D eigenvalue weighted by Crippen LogP contribution is -2.49. The third-order valence-corrected chi connectivity index (χ3v) is 3.81. The molecule has 2 rings (SSSR count). The van der Waals surface area contributed by atoms with Gasteiger partial charge >= 0.3 is 6.09 Å². The van der Waals surface area contributed by atoms with Crippen molar-refractivity contribution in [2.45, 2.75) is 65.1 Å². The third-order valence-electron chi connectivity index (χ3n) is 3.81. The van der Waals surface area contributed by atoms with E-state index in [-0.39, 0.29) is 6.09 Å². The van der Waals surface area contributed by atoms with E-state index in [1.807, 2.05) is 40.7 Å². The Balaban J connectivity index is 0.00000151. The van der Waals surface area contributed by atoms with E-state index in [4.69, 9.17) is 10.00 Å². The van der Waals surface area contributed by atoms with Gasteiger partial charge in [-0.05, 0) is 45.7 Å². The minimum Gasteiger partial charge on any atom is -0.444 e. The van der Waals surface area contributed by atoms with Gasteiger partial charge in [0.2, 0.25) is 0 Å². The largest absolute Gasteiger partial charge is 0.444 e. The highest BCUT2D eigenvalue weighted by Gasteiger charge is 2.35. The summed E-state index contributed by atoms with van der Waals surface area (Å²) in [5.41, 5.74) is -0.144. The number of piperidine rings is 1. The zero-order valence-electron chi connectivity index (χ0n) is 15.9. The Morgan fingerprint density at radius 2 is 1.96 bits per heavy atom. The Hall–Kier alpha value is -2.13. The first-order valence-electron chi connectivity index (χ1n) is 8.76. The summed E-state index contributed by atoms with van der Waals surface area (Å²) in [6.07, 6.45) is 2.55. The molecule has 6 nitrogen and oxygen atoms in total. The molecule has 0 aromatic carbocycles. The highest BCUT2D eigenvalue weighted by atomic mass is 16.6. The molecule has 1 amide bonds. The molecule has 0 atom stereocenters. The highest BCUT2D eigenvalue weighted by Crippen LogP contribution is 2.26. The molecule has 1 saturated heterocycles. The van der Waals surface area contributed by atoms with Crippen LogP contribution < -0.4 is 0 Å². The number of hydrogen-bond donors (Lipinski definition) is 1. The quantitative estimate of drug-likeness (QED) is 0.887. The number of likely N-dealkylation sites (tertiary alicyclic amines) is 1. The number of aliphatic hydroxyl groups is 1. The Morgan fingerprint density at radius 3 is 2.40 bits per heavy atom. The van der Waals surface area contributed by atoms with Gasteiger partial charge in [0.25, 0.3) is 0 Å². The monoisotopic (exact) mass is 347 g/mol. The van der Waals surface area contributed by atoms with Gasteiger partial charge in [-0.25, -0.2) is 4.79 Å². The maximum atomic E-state index is 12.0. The molecule has 0 bridgehead atoms. The first-order valence-corrected chi connectivity index (χ1v) is 8.76. The second kappa shape index (κ2) is 8.82. The van der Waals surface area contributed by atoms with E-state index in [0.717, 1.165) is 5.69 Å². The summed E-state index contributed by atoms with van der Waals surface area (Å²) < 4.78 is 5.35. The molecule has 0 spiro atoms. The predicted octanol–water partition coefficient (Wildman–Crippen LogP) is 3.28. The van der Waals surface area contributed by atoms with Crippen LogP contribution in [0.5, 0.6) is 0 Å². The van der Waals surface area contributed by atoms with Crippen LogP contribution in [0.2, 0.25) is 0 Å². The zero-order chi connectivity index (χ0) is 19.1. The molecule has 0 aliphatic carbocycles. The maximum absolute atomic E-state index is 12.0. The van der Waals surface area contributed by atoms with E-state index in [0.29, 0.717) is 37.9 Å². The molecule has 0 unspecified atom stereocenters. The number of carbonyl (C=O) groups excluding carboxylic acids is 1. The Kier molecular flexibility index (Phi) is 7.38. The molecule has 1 N–H and O–H groups in total. The maximum Gasteiger partial charge on any atom is 0.410 e. The van der Waals surface area contributed by atoms with Gasteiger partial charge in [0, 0.05) is 31.4 Å². The second-order valence-electron chi connectivity index (χ2n) is 7.02. The van der Waals surface area contributed by atoms with Crippen LogP contribution in [0.15, 0.2) is 18.3 Å². The molecule has 25 heavy (non-hydrogen) atoms. The van der Waals surface area contributed by atoms with Crippen molar-refractivity contribution in [1.82, 2.24) is 9.88 Å². The topological polar surface area (TPSA) is 86.5 Å². The van der Waals surface area contributed by atoms with Crippen molar-refractivity contribution in [3.05, 3.63) is 29.6 Å². The van der Waals surface area contributed by atoms with Gasteiger partial charge < -0.3 is 14.7 Å². The molecule has 1 aromatic heterocycles. The number of ether oxygens (including phenoxy) is 1. The van der Waals surface area contributed by atoms with Gasteiger partial charge in [-0.1, -0.05) is 13.8 Å². The zero-order valence-corrected chi connectivity index (χ0v) is 15.9. The average molecular weight is 347 g/mol. The van der Waals surface area contributed by atoms with Crippen molar-refractivity contribution < 1.29 is 14.6 Å². The fourth-order valence-corrected chi connectivity index (χ4v) is 2.54. The van der Waals surface area contributed by atoms with Crippen molar-refractivity contribution >= 4 is 6.09 Å². The van der Waals surface area contributed by atoms with Gasteiger partial charge in [0.1, 0.15) is 11.7 Å². The number of aromatic nitrogens is 1. The van der Waals surface area contributed by atoms with Crippen LogP contribution in [0.3, 0.4) is 0 Å². The number of carbonyl (C=O) groups is 1. The van der Waals surface area contributed by atoms with E-state index >= 15 is 0 Å². The lowest BCUT2D eigenvalue weighted by Gasteiger charge is -2.38. The number of nitriles is 1. The predicted molar refractivity (Wildman–Crippen MR) is 96.0 cm³/mol. The molecule has 1 fully saturated rings. The molecule has 1 aromatic rings. The summed E-state index contributed by atoms with van der Waals surface area (Å²) in [7, 11) is 0. The van der Waals surface area contributed by atoms with Crippen molar-refractivity contribution in [1.29, 1.82) is 5.26 Å². The van der Waals surface area contributed by atoms with Gasteiger partial charge in [0.05, 0.1) is 11.2 Å². The molecule has 1 aliphatic rings. The lowest BCUT2D eigenvalue weighted by molar-refractivity contribution is -0.0319. The SMILES string of the molecule is CC.CC(C)(C)OC(=O)N1CCC(O)(Cc2ccc(C#N)cn2)CC1. The van der Waals surface area contributed by atoms with Crippen LogP contribution in [0, 0.1) is 11.3 Å². The molecular weight excluding hydrogens is 318 g/mol. The van der Waals surface area contributed by atoms with Crippen molar-refractivity contribution in [3.8, 4) is 6.07 Å². The molecular formula is C19H29N3O3. The summed E-state index contributed by atoms with van der Waals surface area (Å²) in [4.78, 5) is 17.9. The van der Waals surface area contributed by atoms with Gasteiger partial charge in [0.15, 0.2) is 0 Å². The Morgan fingerprint density at radius 1 is 1.36 bits per heavy atom. The van der Waals surface area contributed by atoms with Crippen LogP contribution in [-0.2, 0) is 11.2 Å². The van der Waals surface area contributed by atoms with Crippen LogP contribution in [0.1, 0.15) is 58.7 Å². The summed E-state index contributed by atoms with van der Waals surface area (Å²) in [5.74, 6) is 0. The minimum atomic E-state index is -0.875. The summed E-state index contributed by atoms with van der Waals surface area (Å²) in [6, 6.07) is 5.48. The fraction of sp³-hybridized carbons (Fsp3) is 0.632. The number of rotatable bonds is 2. The second-order valence-corrected chi connectivity index (χ2v) is 7.02. The number of amides is 1. The van der Waals surface area contributed by atoms with Gasteiger partial charge in [-0.3, -0.25) is 4.98 Å². The van der Waals surface area contributed by atoms with E-state index in [2.05, 4.69) is 4.98 Å². The lowest BCUT2D eigenvalue weighted by atomic mass is 9.87. The van der Waals surface area contributed by atoms with E-state index in [9.17, 15) is 9.90 Å². The van der Waals surface area contributed by atoms with Crippen LogP contribution in [0.25, 0.3) is 0 Å². The van der Waals surface area contributed by atoms with Gasteiger partial charge in [-0.2, -0.15) is 5.26 Å². The highest BCUT2D eigenvalue weighted by molar-refractivity contribution is 5.68. The first-order chi connectivity index (χ1) is 11.7. The van der Waals surface area contributed by atoms with Crippen LogP contribution in [-0.4, -0.2) is 45.4 Å². The minimum absolute atomic E-state index is 0.337. The number of nitrogens with zero attached hydrogens (tertiary/aromatic N) is 3. The van der Waals surface area contributed by atoms with E-state index in [1.54, 1.807) is 17.0 Å². The standard InChI is InChI=1S/C17H23N3O3.C2H6/c1-16(2,3)23-15(21)20-8-6-17(22,7-9-20)10-14-5-4-13(11-18)12-19-14;1-2/h4-5,12,22H,6-10H2,1-3H3;1-2H3. The molecule has 2 heterocycles. The molecule has 0 radical (unpaired) electrons. The number of pyridine rings is 1. The average Bonchev–Trinajstić information content (AvgIpc) is 2.56. The summed E-state index contributed by atoms with van der Waals surface area (Å²) >= 11 is 0. The molecule has 138 valence electrons. The summed E-state index contributed by atoms with van der Waals surface area (Å²) in [6.45, 7) is 10.4. The van der Waals surface area contributed by atoms with Crippen molar-refractivity contribution in [2.24, 2.45) is 0 Å².